The van der Waals surface area contributed by atoms with Crippen molar-refractivity contribution in [2.75, 3.05) is 0 Å². The van der Waals surface area contributed by atoms with Crippen molar-refractivity contribution in [1.29, 1.82) is 0 Å². The van der Waals surface area contributed by atoms with Crippen LogP contribution in [0.3, 0.4) is 0 Å². The Morgan fingerprint density at radius 2 is 2.00 bits per heavy atom. The number of benzene rings is 1. The summed E-state index contributed by atoms with van der Waals surface area (Å²) >= 11 is 1.55. The largest absolute Gasteiger partial charge is 0.481 e. The number of hydrogen-bond acceptors (Lipinski definition) is 4. The molecule has 0 saturated carbocycles. The third-order valence-electron chi connectivity index (χ3n) is 3.56. The molecule has 0 aliphatic heterocycles. The molecule has 128 valence electrons. The molecule has 2 rings (SSSR count). The zero-order valence-electron chi connectivity index (χ0n) is 13.3. The maximum absolute atomic E-state index is 13.0. The predicted molar refractivity (Wildman–Crippen MR) is 89.3 cm³/mol. The average Bonchev–Trinajstić information content (AvgIpc) is 3.01. The van der Waals surface area contributed by atoms with Crippen molar-refractivity contribution in [1.82, 2.24) is 10.3 Å². The normalized spacial score (nSPS) is 11.9. The number of hydrogen-bond donors (Lipinski definition) is 2. The Hall–Kier alpha value is -2.28. The fourth-order valence-electron chi connectivity index (χ4n) is 2.33. The van der Waals surface area contributed by atoms with Gasteiger partial charge in [0.05, 0.1) is 23.7 Å². The first-order chi connectivity index (χ1) is 11.5. The number of carbonyl (C=O) groups is 2. The van der Waals surface area contributed by atoms with Gasteiger partial charge in [0.1, 0.15) is 5.82 Å². The lowest BCUT2D eigenvalue weighted by atomic mass is 9.92. The molecule has 1 atom stereocenters. The van der Waals surface area contributed by atoms with E-state index in [2.05, 4.69) is 10.3 Å². The topological polar surface area (TPSA) is 79.3 Å². The Balaban J connectivity index is 1.96. The highest BCUT2D eigenvalue weighted by Crippen LogP contribution is 2.24. The van der Waals surface area contributed by atoms with Crippen LogP contribution in [0.1, 0.15) is 41.9 Å². The summed E-state index contributed by atoms with van der Waals surface area (Å²) < 4.78 is 13.0. The first-order valence-corrected chi connectivity index (χ1v) is 8.53. The molecule has 24 heavy (non-hydrogen) atoms. The Morgan fingerprint density at radius 3 is 2.58 bits per heavy atom. The molecule has 0 radical (unpaired) electrons. The molecule has 1 heterocycles. The van der Waals surface area contributed by atoms with Gasteiger partial charge < -0.3 is 10.4 Å². The molecule has 2 aromatic rings. The summed E-state index contributed by atoms with van der Waals surface area (Å²) in [6, 6.07) is 5.57. The maximum atomic E-state index is 13.0. The van der Waals surface area contributed by atoms with Crippen LogP contribution in [-0.2, 0) is 22.6 Å². The zero-order chi connectivity index (χ0) is 17.5. The van der Waals surface area contributed by atoms with Crippen LogP contribution in [0.2, 0.25) is 0 Å². The van der Waals surface area contributed by atoms with Gasteiger partial charge in [-0.05, 0) is 24.1 Å². The van der Waals surface area contributed by atoms with Crippen LogP contribution in [0.4, 0.5) is 4.39 Å². The van der Waals surface area contributed by atoms with E-state index in [4.69, 9.17) is 5.11 Å². The zero-order valence-corrected chi connectivity index (χ0v) is 14.1. The van der Waals surface area contributed by atoms with Crippen molar-refractivity contribution < 1.29 is 19.1 Å². The molecule has 1 aromatic carbocycles. The number of rotatable bonds is 8. The van der Waals surface area contributed by atoms with Crippen LogP contribution >= 0.6 is 11.3 Å². The molecule has 0 aliphatic carbocycles. The van der Waals surface area contributed by atoms with Gasteiger partial charge in [0, 0.05) is 17.7 Å². The van der Waals surface area contributed by atoms with Gasteiger partial charge in [-0.1, -0.05) is 19.1 Å². The van der Waals surface area contributed by atoms with E-state index in [0.717, 1.165) is 17.1 Å². The molecule has 0 fully saturated rings. The second-order valence-corrected chi connectivity index (χ2v) is 6.36. The summed E-state index contributed by atoms with van der Waals surface area (Å²) in [5.41, 5.74) is 1.43. The van der Waals surface area contributed by atoms with Crippen LogP contribution in [0.15, 0.2) is 29.6 Å². The summed E-state index contributed by atoms with van der Waals surface area (Å²) in [5, 5.41) is 14.7. The SMILES string of the molecule is CCc1nc(CNC(=O)C[C@@H](CC(=O)O)c2ccc(F)cc2)cs1. The Labute approximate surface area is 143 Å². The van der Waals surface area contributed by atoms with E-state index in [1.807, 2.05) is 12.3 Å². The highest BCUT2D eigenvalue weighted by molar-refractivity contribution is 7.09. The third kappa shape index (κ3) is 5.42. The average molecular weight is 350 g/mol. The van der Waals surface area contributed by atoms with E-state index in [-0.39, 0.29) is 18.7 Å². The highest BCUT2D eigenvalue weighted by atomic mass is 32.1. The van der Waals surface area contributed by atoms with Crippen molar-refractivity contribution in [3.8, 4) is 0 Å². The van der Waals surface area contributed by atoms with Gasteiger partial charge in [0.2, 0.25) is 5.91 Å². The number of thiazole rings is 1. The molecule has 1 aromatic heterocycles. The number of amides is 1. The molecule has 7 heteroatoms. The number of carboxylic acid groups (broad SMARTS) is 1. The molecule has 5 nitrogen and oxygen atoms in total. The molecule has 0 aliphatic rings. The van der Waals surface area contributed by atoms with Gasteiger partial charge in [-0.25, -0.2) is 9.37 Å². The number of aryl methyl sites for hydroxylation is 1. The van der Waals surface area contributed by atoms with Gasteiger partial charge >= 0.3 is 5.97 Å². The lowest BCUT2D eigenvalue weighted by Crippen LogP contribution is -2.25. The minimum Gasteiger partial charge on any atom is -0.481 e. The summed E-state index contributed by atoms with van der Waals surface area (Å²) in [6.45, 7) is 2.33. The third-order valence-corrected chi connectivity index (χ3v) is 4.60. The van der Waals surface area contributed by atoms with E-state index < -0.39 is 17.7 Å². The summed E-state index contributed by atoms with van der Waals surface area (Å²) in [4.78, 5) is 27.5. The quantitative estimate of drug-likeness (QED) is 0.767. The first kappa shape index (κ1) is 18.1. The van der Waals surface area contributed by atoms with Crippen molar-refractivity contribution in [3.05, 3.63) is 51.7 Å². The highest BCUT2D eigenvalue weighted by Gasteiger charge is 2.19. The minimum atomic E-state index is -0.996. The first-order valence-electron chi connectivity index (χ1n) is 7.65. The summed E-state index contributed by atoms with van der Waals surface area (Å²) in [6.07, 6.45) is 0.697. The van der Waals surface area contributed by atoms with Gasteiger partial charge in [0.15, 0.2) is 0 Å². The number of nitrogens with one attached hydrogen (secondary N) is 1. The van der Waals surface area contributed by atoms with E-state index in [0.29, 0.717) is 12.1 Å². The van der Waals surface area contributed by atoms with Crippen molar-refractivity contribution >= 4 is 23.2 Å². The summed E-state index contributed by atoms with van der Waals surface area (Å²) in [7, 11) is 0. The fourth-order valence-corrected chi connectivity index (χ4v) is 3.08. The van der Waals surface area contributed by atoms with Crippen molar-refractivity contribution in [2.24, 2.45) is 0 Å². The standard InChI is InChI=1S/C17H19FN2O3S/c1-2-16-20-14(10-24-16)9-19-15(21)7-12(8-17(22)23)11-3-5-13(18)6-4-11/h3-6,10,12H,2,7-9H2,1H3,(H,19,21)(H,22,23)/t12-/m0/s1. The Bertz CT molecular complexity index is 700. The number of carbonyl (C=O) groups excluding carboxylic acids is 1. The minimum absolute atomic E-state index is 0.0305. The molecule has 0 bridgehead atoms. The fraction of sp³-hybridized carbons (Fsp3) is 0.353. The number of carboxylic acids is 1. The number of aliphatic carboxylic acids is 1. The number of halogens is 1. The van der Waals surface area contributed by atoms with Crippen LogP contribution in [0.5, 0.6) is 0 Å². The van der Waals surface area contributed by atoms with Crippen LogP contribution in [0, 0.1) is 5.82 Å². The molecule has 0 saturated heterocycles. The lowest BCUT2D eigenvalue weighted by Gasteiger charge is -2.15. The molecular weight excluding hydrogens is 331 g/mol. The van der Waals surface area contributed by atoms with E-state index in [9.17, 15) is 14.0 Å². The molecule has 0 spiro atoms. The molecule has 1 amide bonds. The van der Waals surface area contributed by atoms with Gasteiger partial charge in [-0.3, -0.25) is 9.59 Å². The molecule has 2 N–H and O–H groups in total. The molecular formula is C17H19FN2O3S. The van der Waals surface area contributed by atoms with Gasteiger partial charge in [-0.2, -0.15) is 0 Å². The molecule has 0 unspecified atom stereocenters. The lowest BCUT2D eigenvalue weighted by molar-refractivity contribution is -0.137. The maximum Gasteiger partial charge on any atom is 0.303 e. The van der Waals surface area contributed by atoms with E-state index in [1.54, 1.807) is 11.3 Å². The van der Waals surface area contributed by atoms with Crippen LogP contribution in [0.25, 0.3) is 0 Å². The van der Waals surface area contributed by atoms with Gasteiger partial charge in [0.25, 0.3) is 0 Å². The van der Waals surface area contributed by atoms with Crippen LogP contribution < -0.4 is 5.32 Å². The van der Waals surface area contributed by atoms with Crippen LogP contribution in [-0.4, -0.2) is 22.0 Å². The van der Waals surface area contributed by atoms with E-state index >= 15 is 0 Å². The number of nitrogens with zero attached hydrogens (tertiary/aromatic N) is 1. The Morgan fingerprint density at radius 1 is 1.29 bits per heavy atom. The second-order valence-electron chi connectivity index (χ2n) is 5.41. The van der Waals surface area contributed by atoms with E-state index in [1.165, 1.54) is 24.3 Å². The monoisotopic (exact) mass is 350 g/mol. The second kappa shape index (κ2) is 8.54. The Kier molecular flexibility index (Phi) is 6.43. The van der Waals surface area contributed by atoms with Crippen molar-refractivity contribution in [3.63, 3.8) is 0 Å². The smallest absolute Gasteiger partial charge is 0.303 e. The van der Waals surface area contributed by atoms with Gasteiger partial charge in [-0.15, -0.1) is 11.3 Å². The number of aromatic nitrogens is 1. The predicted octanol–water partition coefficient (Wildman–Crippen LogP) is 3.11. The van der Waals surface area contributed by atoms with Crippen molar-refractivity contribution in [2.45, 2.75) is 38.6 Å². The summed E-state index contributed by atoms with van der Waals surface area (Å²) in [5.74, 6) is -2.14.